The van der Waals surface area contributed by atoms with Gasteiger partial charge in [-0.15, -0.1) is 0 Å². The highest BCUT2D eigenvalue weighted by Gasteiger charge is 2.14. The van der Waals surface area contributed by atoms with Crippen molar-refractivity contribution in [3.63, 3.8) is 0 Å². The second-order valence-electron chi connectivity index (χ2n) is 5.26. The number of carbonyl (C=O) groups is 1. The molecule has 1 aliphatic rings. The minimum Gasteiger partial charge on any atom is -0.465 e. The first kappa shape index (κ1) is 16.0. The van der Waals surface area contributed by atoms with Crippen LogP contribution in [0.2, 0.25) is 0 Å². The maximum absolute atomic E-state index is 11.7. The highest BCUT2D eigenvalue weighted by Crippen LogP contribution is 2.12. The number of allylic oxidation sites excluding steroid dienone is 2. The largest absolute Gasteiger partial charge is 0.465 e. The third kappa shape index (κ3) is 7.86. The van der Waals surface area contributed by atoms with Gasteiger partial charge in [-0.1, -0.05) is 76.2 Å². The summed E-state index contributed by atoms with van der Waals surface area (Å²) < 4.78 is 5.29. The molecule has 2 nitrogen and oxygen atoms in total. The fourth-order valence-electron chi connectivity index (χ4n) is 2.26. The van der Waals surface area contributed by atoms with Crippen LogP contribution in [0.3, 0.4) is 0 Å². The van der Waals surface area contributed by atoms with Gasteiger partial charge in [0.2, 0.25) is 0 Å². The van der Waals surface area contributed by atoms with Gasteiger partial charge < -0.3 is 4.74 Å². The number of carbonyl (C=O) groups excluding carboxylic acids is 1. The minimum atomic E-state index is -0.150. The molecule has 0 bridgehead atoms. The molecule has 0 unspecified atom stereocenters. The topological polar surface area (TPSA) is 26.3 Å². The molecule has 108 valence electrons. The molecular formula is C17H28O2. The zero-order chi connectivity index (χ0) is 13.8. The average molecular weight is 264 g/mol. The number of hydrogen-bond donors (Lipinski definition) is 0. The number of ether oxygens (including phenoxy) is 1. The zero-order valence-electron chi connectivity index (χ0n) is 12.3. The first-order valence-corrected chi connectivity index (χ1v) is 7.84. The molecule has 0 fully saturated rings. The molecule has 0 heterocycles. The van der Waals surface area contributed by atoms with Crippen molar-refractivity contribution < 1.29 is 9.53 Å². The van der Waals surface area contributed by atoms with Gasteiger partial charge in [0.15, 0.2) is 0 Å². The maximum Gasteiger partial charge on any atom is 0.316 e. The van der Waals surface area contributed by atoms with Crippen molar-refractivity contribution in [2.24, 2.45) is 5.92 Å². The van der Waals surface area contributed by atoms with Gasteiger partial charge in [-0.2, -0.15) is 0 Å². The molecule has 0 aromatic carbocycles. The number of rotatable bonds is 10. The summed E-state index contributed by atoms with van der Waals surface area (Å²) in [6.45, 7) is 2.82. The predicted molar refractivity (Wildman–Crippen MR) is 80.0 cm³/mol. The van der Waals surface area contributed by atoms with Crippen molar-refractivity contribution in [2.75, 3.05) is 6.61 Å². The van der Waals surface area contributed by atoms with Crippen molar-refractivity contribution in [1.82, 2.24) is 0 Å². The lowest BCUT2D eigenvalue weighted by Crippen LogP contribution is -2.15. The Kier molecular flexibility index (Phi) is 9.13. The molecule has 0 spiro atoms. The molecule has 0 amide bonds. The van der Waals surface area contributed by atoms with E-state index in [-0.39, 0.29) is 11.9 Å². The molecule has 0 saturated heterocycles. The van der Waals surface area contributed by atoms with Gasteiger partial charge in [-0.05, 0) is 12.8 Å². The molecule has 1 rings (SSSR count). The van der Waals surface area contributed by atoms with Crippen molar-refractivity contribution in [2.45, 2.75) is 64.7 Å². The highest BCUT2D eigenvalue weighted by molar-refractivity contribution is 5.76. The minimum absolute atomic E-state index is 0.102. The van der Waals surface area contributed by atoms with Crippen LogP contribution in [0.5, 0.6) is 0 Å². The van der Waals surface area contributed by atoms with E-state index in [2.05, 4.69) is 6.92 Å². The normalized spacial score (nSPS) is 14.8. The molecule has 0 atom stereocenters. The van der Waals surface area contributed by atoms with E-state index < -0.39 is 0 Å². The van der Waals surface area contributed by atoms with Crippen LogP contribution in [0.1, 0.15) is 64.7 Å². The number of esters is 1. The summed E-state index contributed by atoms with van der Waals surface area (Å²) >= 11 is 0. The van der Waals surface area contributed by atoms with Gasteiger partial charge in [-0.25, -0.2) is 0 Å². The maximum atomic E-state index is 11.7. The van der Waals surface area contributed by atoms with E-state index in [4.69, 9.17) is 4.74 Å². The Morgan fingerprint density at radius 1 is 1.00 bits per heavy atom. The van der Waals surface area contributed by atoms with Gasteiger partial charge in [-0.3, -0.25) is 4.79 Å². The van der Waals surface area contributed by atoms with Crippen molar-refractivity contribution >= 4 is 5.97 Å². The van der Waals surface area contributed by atoms with Crippen molar-refractivity contribution in [3.05, 3.63) is 24.3 Å². The molecular weight excluding hydrogens is 236 g/mol. The summed E-state index contributed by atoms with van der Waals surface area (Å²) in [6.07, 6.45) is 19.0. The molecule has 0 aliphatic heterocycles. The summed E-state index contributed by atoms with van der Waals surface area (Å²) in [5, 5.41) is 0. The Hall–Kier alpha value is -1.05. The van der Waals surface area contributed by atoms with Crippen LogP contribution in [0.15, 0.2) is 24.3 Å². The lowest BCUT2D eigenvalue weighted by Gasteiger charge is -2.10. The second kappa shape index (κ2) is 10.8. The number of hydrogen-bond acceptors (Lipinski definition) is 2. The van der Waals surface area contributed by atoms with Gasteiger partial charge in [0.05, 0.1) is 12.5 Å². The Balaban J connectivity index is 1.90. The van der Waals surface area contributed by atoms with E-state index in [1.54, 1.807) is 0 Å². The van der Waals surface area contributed by atoms with E-state index in [0.717, 1.165) is 12.8 Å². The molecule has 0 aromatic heterocycles. The molecule has 1 aliphatic carbocycles. The van der Waals surface area contributed by atoms with Gasteiger partial charge in [0.25, 0.3) is 0 Å². The van der Waals surface area contributed by atoms with Crippen LogP contribution >= 0.6 is 0 Å². The Labute approximate surface area is 117 Å². The summed E-state index contributed by atoms with van der Waals surface area (Å²) in [7, 11) is 0. The zero-order valence-corrected chi connectivity index (χ0v) is 12.3. The van der Waals surface area contributed by atoms with Gasteiger partial charge in [0.1, 0.15) is 0 Å². The van der Waals surface area contributed by atoms with Crippen LogP contribution in [0, 0.1) is 5.92 Å². The van der Waals surface area contributed by atoms with Crippen LogP contribution in [0.25, 0.3) is 0 Å². The predicted octanol–water partition coefficient (Wildman–Crippen LogP) is 4.80. The first-order valence-electron chi connectivity index (χ1n) is 7.84. The SMILES string of the molecule is CCCCCCCCCCOC(=O)C1C=CCC=C1. The molecule has 0 aromatic rings. The molecule has 0 radical (unpaired) electrons. The smallest absolute Gasteiger partial charge is 0.316 e. The van der Waals surface area contributed by atoms with Crippen LogP contribution < -0.4 is 0 Å². The van der Waals surface area contributed by atoms with Crippen LogP contribution in [0.4, 0.5) is 0 Å². The quantitative estimate of drug-likeness (QED) is 0.322. The Morgan fingerprint density at radius 3 is 2.21 bits per heavy atom. The van der Waals surface area contributed by atoms with E-state index >= 15 is 0 Å². The Morgan fingerprint density at radius 2 is 1.58 bits per heavy atom. The van der Waals surface area contributed by atoms with Crippen molar-refractivity contribution in [3.8, 4) is 0 Å². The van der Waals surface area contributed by atoms with Gasteiger partial charge >= 0.3 is 5.97 Å². The summed E-state index contributed by atoms with van der Waals surface area (Å²) in [5.41, 5.74) is 0. The van der Waals surface area contributed by atoms with Crippen LogP contribution in [-0.2, 0) is 9.53 Å². The summed E-state index contributed by atoms with van der Waals surface area (Å²) in [6, 6.07) is 0. The first-order chi connectivity index (χ1) is 9.34. The highest BCUT2D eigenvalue weighted by atomic mass is 16.5. The fourth-order valence-corrected chi connectivity index (χ4v) is 2.26. The molecule has 0 saturated carbocycles. The van der Waals surface area contributed by atoms with E-state index in [1.807, 2.05) is 24.3 Å². The average Bonchev–Trinajstić information content (AvgIpc) is 2.46. The Bertz CT molecular complexity index is 280. The van der Waals surface area contributed by atoms with E-state index in [0.29, 0.717) is 6.61 Å². The van der Waals surface area contributed by atoms with E-state index in [9.17, 15) is 4.79 Å². The lowest BCUT2D eigenvalue weighted by molar-refractivity contribution is -0.145. The third-order valence-corrected chi connectivity index (χ3v) is 3.47. The number of unbranched alkanes of at least 4 members (excludes halogenated alkanes) is 7. The standard InChI is InChI=1S/C17H28O2/c1-2-3-4-5-6-7-8-12-15-19-17(18)16-13-10-9-11-14-16/h10-11,13-14,16H,2-9,12,15H2,1H3. The summed E-state index contributed by atoms with van der Waals surface area (Å²) in [5.74, 6) is -0.252. The second-order valence-corrected chi connectivity index (χ2v) is 5.26. The van der Waals surface area contributed by atoms with Gasteiger partial charge in [0, 0.05) is 0 Å². The molecule has 19 heavy (non-hydrogen) atoms. The van der Waals surface area contributed by atoms with Crippen LogP contribution in [-0.4, -0.2) is 12.6 Å². The molecule has 2 heteroatoms. The van der Waals surface area contributed by atoms with E-state index in [1.165, 1.54) is 44.9 Å². The van der Waals surface area contributed by atoms with Crippen molar-refractivity contribution in [1.29, 1.82) is 0 Å². The lowest BCUT2D eigenvalue weighted by atomic mass is 10.0. The molecule has 0 N–H and O–H groups in total. The third-order valence-electron chi connectivity index (χ3n) is 3.47. The summed E-state index contributed by atoms with van der Waals surface area (Å²) in [4.78, 5) is 11.7. The monoisotopic (exact) mass is 264 g/mol. The fraction of sp³-hybridized carbons (Fsp3) is 0.706.